The van der Waals surface area contributed by atoms with E-state index in [0.29, 0.717) is 16.9 Å². The third-order valence-electron chi connectivity index (χ3n) is 4.16. The monoisotopic (exact) mass is 309 g/mol. The molecule has 2 aromatic rings. The highest BCUT2D eigenvalue weighted by molar-refractivity contribution is 5.81. The molecule has 0 amide bonds. The van der Waals surface area contributed by atoms with Crippen molar-refractivity contribution in [2.75, 3.05) is 18.0 Å². The SMILES string of the molecule is CC(C)n1cc2c(C(F)F)cc(N3CCC(N)CC3)nc2n1. The number of hydrogen-bond donors (Lipinski definition) is 1. The summed E-state index contributed by atoms with van der Waals surface area (Å²) >= 11 is 0. The van der Waals surface area contributed by atoms with Crippen LogP contribution in [-0.4, -0.2) is 33.9 Å². The molecule has 7 heteroatoms. The largest absolute Gasteiger partial charge is 0.356 e. The second-order valence-corrected chi connectivity index (χ2v) is 6.13. The predicted molar refractivity (Wildman–Crippen MR) is 82.3 cm³/mol. The maximum Gasteiger partial charge on any atom is 0.264 e. The summed E-state index contributed by atoms with van der Waals surface area (Å²) in [6, 6.07) is 1.79. The van der Waals surface area contributed by atoms with E-state index in [1.807, 2.05) is 18.7 Å². The second-order valence-electron chi connectivity index (χ2n) is 6.13. The van der Waals surface area contributed by atoms with Gasteiger partial charge in [-0.2, -0.15) is 5.10 Å². The average Bonchev–Trinajstić information content (AvgIpc) is 2.91. The summed E-state index contributed by atoms with van der Waals surface area (Å²) < 4.78 is 28.5. The zero-order valence-corrected chi connectivity index (χ0v) is 12.8. The van der Waals surface area contributed by atoms with Crippen LogP contribution >= 0.6 is 0 Å². The molecule has 0 radical (unpaired) electrons. The van der Waals surface area contributed by atoms with Crippen molar-refractivity contribution in [2.24, 2.45) is 5.73 Å². The third kappa shape index (κ3) is 2.77. The van der Waals surface area contributed by atoms with Gasteiger partial charge in [-0.3, -0.25) is 4.68 Å². The van der Waals surface area contributed by atoms with E-state index in [0.717, 1.165) is 25.9 Å². The van der Waals surface area contributed by atoms with Gasteiger partial charge in [0.15, 0.2) is 5.65 Å². The number of fused-ring (bicyclic) bond motifs is 1. The fraction of sp³-hybridized carbons (Fsp3) is 0.600. The molecule has 2 N–H and O–H groups in total. The van der Waals surface area contributed by atoms with Crippen LogP contribution in [0.3, 0.4) is 0 Å². The van der Waals surface area contributed by atoms with Crippen molar-refractivity contribution >= 4 is 16.9 Å². The van der Waals surface area contributed by atoms with Crippen LogP contribution in [0.1, 0.15) is 44.7 Å². The van der Waals surface area contributed by atoms with Crippen LogP contribution in [0.25, 0.3) is 11.0 Å². The van der Waals surface area contributed by atoms with Crippen LogP contribution in [-0.2, 0) is 0 Å². The van der Waals surface area contributed by atoms with Gasteiger partial charge in [-0.1, -0.05) is 0 Å². The second kappa shape index (κ2) is 5.79. The number of aromatic nitrogens is 3. The highest BCUT2D eigenvalue weighted by atomic mass is 19.3. The minimum atomic E-state index is -2.54. The molecule has 3 rings (SSSR count). The molecular weight excluding hydrogens is 288 g/mol. The Morgan fingerprint density at radius 1 is 1.27 bits per heavy atom. The molecule has 3 heterocycles. The minimum Gasteiger partial charge on any atom is -0.356 e. The molecule has 1 aliphatic rings. The summed E-state index contributed by atoms with van der Waals surface area (Å²) in [6.45, 7) is 5.40. The van der Waals surface area contributed by atoms with Crippen molar-refractivity contribution < 1.29 is 8.78 Å². The summed E-state index contributed by atoms with van der Waals surface area (Å²) in [7, 11) is 0. The van der Waals surface area contributed by atoms with Crippen LogP contribution in [0.4, 0.5) is 14.6 Å². The van der Waals surface area contributed by atoms with E-state index in [4.69, 9.17) is 5.73 Å². The van der Waals surface area contributed by atoms with Gasteiger partial charge in [0.25, 0.3) is 6.43 Å². The van der Waals surface area contributed by atoms with E-state index in [1.165, 1.54) is 6.07 Å². The zero-order valence-electron chi connectivity index (χ0n) is 12.8. The van der Waals surface area contributed by atoms with Gasteiger partial charge in [-0.25, -0.2) is 13.8 Å². The van der Waals surface area contributed by atoms with Crippen molar-refractivity contribution in [3.8, 4) is 0 Å². The molecule has 5 nitrogen and oxygen atoms in total. The van der Waals surface area contributed by atoms with Crippen molar-refractivity contribution in [3.05, 3.63) is 17.8 Å². The number of pyridine rings is 1. The lowest BCUT2D eigenvalue weighted by molar-refractivity contribution is 0.153. The van der Waals surface area contributed by atoms with Gasteiger partial charge in [0.05, 0.1) is 0 Å². The highest BCUT2D eigenvalue weighted by Crippen LogP contribution is 2.31. The fourth-order valence-electron chi connectivity index (χ4n) is 2.76. The molecular formula is C15H21F2N5. The van der Waals surface area contributed by atoms with Gasteiger partial charge in [0.2, 0.25) is 0 Å². The first kappa shape index (κ1) is 15.1. The van der Waals surface area contributed by atoms with E-state index in [9.17, 15) is 8.78 Å². The van der Waals surface area contributed by atoms with Crippen LogP contribution in [0.2, 0.25) is 0 Å². The number of nitrogens with two attached hydrogens (primary N) is 1. The Kier molecular flexibility index (Phi) is 3.99. The standard InChI is InChI=1S/C15H21F2N5/c1-9(2)22-8-12-11(14(16)17)7-13(19-15(12)20-22)21-5-3-10(18)4-6-21/h7-10,14H,3-6,18H2,1-2H3. The molecule has 2 aromatic heterocycles. The number of alkyl halides is 2. The van der Waals surface area contributed by atoms with E-state index in [2.05, 4.69) is 10.1 Å². The number of rotatable bonds is 3. The fourth-order valence-corrected chi connectivity index (χ4v) is 2.76. The first-order valence-corrected chi connectivity index (χ1v) is 7.64. The van der Waals surface area contributed by atoms with E-state index < -0.39 is 6.43 Å². The Morgan fingerprint density at radius 3 is 2.55 bits per heavy atom. The Morgan fingerprint density at radius 2 is 1.95 bits per heavy atom. The molecule has 0 bridgehead atoms. The lowest BCUT2D eigenvalue weighted by Crippen LogP contribution is -2.40. The van der Waals surface area contributed by atoms with E-state index >= 15 is 0 Å². The van der Waals surface area contributed by atoms with Gasteiger partial charge >= 0.3 is 0 Å². The quantitative estimate of drug-likeness (QED) is 0.947. The van der Waals surface area contributed by atoms with Crippen molar-refractivity contribution in [2.45, 2.75) is 45.2 Å². The first-order chi connectivity index (χ1) is 10.5. The van der Waals surface area contributed by atoms with Gasteiger partial charge in [0.1, 0.15) is 5.82 Å². The van der Waals surface area contributed by atoms with Crippen LogP contribution in [0.5, 0.6) is 0 Å². The Labute approximate surface area is 128 Å². The molecule has 0 spiro atoms. The summed E-state index contributed by atoms with van der Waals surface area (Å²) in [5.74, 6) is 0.573. The molecule has 0 unspecified atom stereocenters. The van der Waals surface area contributed by atoms with Crippen LogP contribution < -0.4 is 10.6 Å². The number of nitrogens with zero attached hydrogens (tertiary/aromatic N) is 4. The third-order valence-corrected chi connectivity index (χ3v) is 4.16. The lowest BCUT2D eigenvalue weighted by atomic mass is 10.1. The number of hydrogen-bond acceptors (Lipinski definition) is 4. The Bertz CT molecular complexity index is 659. The molecule has 22 heavy (non-hydrogen) atoms. The first-order valence-electron chi connectivity index (χ1n) is 7.64. The van der Waals surface area contributed by atoms with E-state index in [-0.39, 0.29) is 17.6 Å². The normalized spacial score (nSPS) is 17.1. The number of halogens is 2. The Balaban J connectivity index is 2.04. The van der Waals surface area contributed by atoms with Crippen LogP contribution in [0.15, 0.2) is 12.3 Å². The molecule has 1 saturated heterocycles. The molecule has 1 fully saturated rings. The summed E-state index contributed by atoms with van der Waals surface area (Å²) in [6.07, 6.45) is 0.819. The average molecular weight is 309 g/mol. The molecule has 0 saturated carbocycles. The Hall–Kier alpha value is -1.76. The zero-order chi connectivity index (χ0) is 15.9. The molecule has 0 atom stereocenters. The lowest BCUT2D eigenvalue weighted by Gasteiger charge is -2.31. The predicted octanol–water partition coefficient (Wildman–Crippen LogP) is 2.88. The summed E-state index contributed by atoms with van der Waals surface area (Å²) in [5.41, 5.74) is 6.28. The topological polar surface area (TPSA) is 60.0 Å². The summed E-state index contributed by atoms with van der Waals surface area (Å²) in [5, 5.41) is 4.78. The number of anilines is 1. The van der Waals surface area contributed by atoms with Gasteiger partial charge in [-0.15, -0.1) is 0 Å². The highest BCUT2D eigenvalue weighted by Gasteiger charge is 2.22. The molecule has 0 aromatic carbocycles. The maximum atomic E-state index is 13.4. The maximum absolute atomic E-state index is 13.4. The molecule has 120 valence electrons. The van der Waals surface area contributed by atoms with Gasteiger partial charge in [0, 0.05) is 42.3 Å². The van der Waals surface area contributed by atoms with Gasteiger partial charge < -0.3 is 10.6 Å². The van der Waals surface area contributed by atoms with Gasteiger partial charge in [-0.05, 0) is 32.8 Å². The van der Waals surface area contributed by atoms with Crippen LogP contribution in [0, 0.1) is 0 Å². The molecule has 0 aliphatic carbocycles. The smallest absolute Gasteiger partial charge is 0.264 e. The summed E-state index contributed by atoms with van der Waals surface area (Å²) in [4.78, 5) is 6.51. The number of piperidine rings is 1. The van der Waals surface area contributed by atoms with E-state index in [1.54, 1.807) is 10.9 Å². The molecule has 1 aliphatic heterocycles. The van der Waals surface area contributed by atoms with Crippen molar-refractivity contribution in [1.82, 2.24) is 14.8 Å². The minimum absolute atomic E-state index is 0.00164. The van der Waals surface area contributed by atoms with Crippen molar-refractivity contribution in [1.29, 1.82) is 0 Å². The van der Waals surface area contributed by atoms with Crippen molar-refractivity contribution in [3.63, 3.8) is 0 Å².